The summed E-state index contributed by atoms with van der Waals surface area (Å²) in [5.74, 6) is 0.116. The van der Waals surface area contributed by atoms with Crippen molar-refractivity contribution in [2.24, 2.45) is 4.99 Å². The summed E-state index contributed by atoms with van der Waals surface area (Å²) in [5.41, 5.74) is 6.74. The molecule has 9 heteroatoms. The lowest BCUT2D eigenvalue weighted by atomic mass is 10.0. The molecule has 0 bridgehead atoms. The Labute approximate surface area is 311 Å². The molecule has 0 radical (unpaired) electrons. The first-order valence-corrected chi connectivity index (χ1v) is 16.8. The number of benzene rings is 7. The number of aryl methyl sites for hydroxylation is 1. The number of alkyl halides is 6. The van der Waals surface area contributed by atoms with Crippen molar-refractivity contribution in [3.63, 3.8) is 0 Å². The largest absolute Gasteiger partial charge is 0.418 e. The highest BCUT2D eigenvalue weighted by molar-refractivity contribution is 6.03. The second kappa shape index (κ2) is 18.5. The molecule has 278 valence electrons. The number of hydrogen-bond donors (Lipinski definition) is 1. The molecule has 0 heterocycles. The van der Waals surface area contributed by atoms with Crippen molar-refractivity contribution < 1.29 is 32.6 Å². The van der Waals surface area contributed by atoms with Gasteiger partial charge in [0.2, 0.25) is 0 Å². The maximum atomic E-state index is 13.0. The number of para-hydroxylation sites is 2. The minimum atomic E-state index is -4.41. The molecular formula is C45H40F6N2O. The molecule has 0 aliphatic heterocycles. The number of carbonyl (C=O) groups is 1. The van der Waals surface area contributed by atoms with Crippen molar-refractivity contribution in [2.75, 3.05) is 5.73 Å². The third kappa shape index (κ3) is 11.9. The van der Waals surface area contributed by atoms with Gasteiger partial charge in [0, 0.05) is 18.4 Å². The van der Waals surface area contributed by atoms with Crippen LogP contribution in [0.2, 0.25) is 0 Å². The molecule has 54 heavy (non-hydrogen) atoms. The van der Waals surface area contributed by atoms with Gasteiger partial charge in [0.1, 0.15) is 0 Å². The van der Waals surface area contributed by atoms with Gasteiger partial charge in [-0.15, -0.1) is 0 Å². The predicted molar refractivity (Wildman–Crippen MR) is 210 cm³/mol. The summed E-state index contributed by atoms with van der Waals surface area (Å²) in [7, 11) is 0. The third-order valence-corrected chi connectivity index (χ3v) is 8.03. The maximum absolute atomic E-state index is 13.0. The van der Waals surface area contributed by atoms with Crippen molar-refractivity contribution in [3.05, 3.63) is 192 Å². The van der Waals surface area contributed by atoms with Crippen LogP contribution in [0, 0.1) is 6.92 Å². The molecule has 0 spiro atoms. The van der Waals surface area contributed by atoms with Crippen LogP contribution in [0.25, 0.3) is 21.5 Å². The maximum Gasteiger partial charge on any atom is 0.418 e. The smallest absolute Gasteiger partial charge is 0.398 e. The van der Waals surface area contributed by atoms with Crippen LogP contribution in [-0.2, 0) is 12.4 Å². The standard InChI is InChI=1S/C19H14F3N.C12H10O.C7H6F3N.C7H8.H2/c1-13(15-11-10-14-6-2-3-7-16(14)12-15)23-18-9-5-4-8-17(18)19(20,21)22;1-9(13)11-7-6-10-4-2-3-5-12(10)8-11;8-7(9,10)5-3-1-2-4-6(5)11;1-7-5-3-2-4-6-7;/h2-12H,1H3;2-8H,1H3;1-4H,11H2;2-6H,1H3;1H/i;;;;1+1. The first-order valence-electron chi connectivity index (χ1n) is 16.8. The van der Waals surface area contributed by atoms with E-state index in [4.69, 9.17) is 5.73 Å². The van der Waals surface area contributed by atoms with Crippen LogP contribution in [-0.4, -0.2) is 11.5 Å². The lowest BCUT2D eigenvalue weighted by molar-refractivity contribution is -0.137. The first-order chi connectivity index (χ1) is 25.6. The summed E-state index contributed by atoms with van der Waals surface area (Å²) in [5, 5.41) is 4.41. The Hall–Kier alpha value is -6.22. The number of carbonyl (C=O) groups excluding carboxylic acids is 1. The molecule has 0 unspecified atom stereocenters. The van der Waals surface area contributed by atoms with E-state index in [9.17, 15) is 31.1 Å². The molecular weight excluding hydrogens is 698 g/mol. The molecule has 0 aromatic heterocycles. The Kier molecular flexibility index (Phi) is 13.9. The number of rotatable bonds is 3. The van der Waals surface area contributed by atoms with Gasteiger partial charge >= 0.3 is 12.4 Å². The lowest BCUT2D eigenvalue weighted by Gasteiger charge is -2.10. The molecule has 0 aliphatic carbocycles. The Morgan fingerprint density at radius 1 is 0.519 bits per heavy atom. The van der Waals surface area contributed by atoms with Gasteiger partial charge in [-0.05, 0) is 84.3 Å². The number of hydrogen-bond acceptors (Lipinski definition) is 3. The van der Waals surface area contributed by atoms with E-state index in [1.54, 1.807) is 19.9 Å². The van der Waals surface area contributed by atoms with E-state index in [1.807, 2.05) is 103 Å². The Morgan fingerprint density at radius 3 is 1.41 bits per heavy atom. The summed E-state index contributed by atoms with van der Waals surface area (Å²) in [6, 6.07) is 48.0. The van der Waals surface area contributed by atoms with Gasteiger partial charge in [0.05, 0.1) is 16.8 Å². The number of aliphatic imine (C=N–C) groups is 1. The average Bonchev–Trinajstić information content (AvgIpc) is 3.15. The minimum absolute atomic E-state index is 0. The number of nitrogen functional groups attached to an aromatic ring is 1. The Bertz CT molecular complexity index is 2340. The van der Waals surface area contributed by atoms with Crippen molar-refractivity contribution in [2.45, 2.75) is 33.1 Å². The fourth-order valence-electron chi connectivity index (χ4n) is 5.17. The molecule has 0 saturated carbocycles. The van der Waals surface area contributed by atoms with E-state index in [1.165, 1.54) is 41.3 Å². The molecule has 3 nitrogen and oxygen atoms in total. The van der Waals surface area contributed by atoms with Crippen LogP contribution in [0.4, 0.5) is 37.7 Å². The summed E-state index contributed by atoms with van der Waals surface area (Å²) >= 11 is 0. The summed E-state index contributed by atoms with van der Waals surface area (Å²) < 4.78 is 75.0. The van der Waals surface area contributed by atoms with E-state index < -0.39 is 23.5 Å². The van der Waals surface area contributed by atoms with Crippen LogP contribution in [0.1, 0.15) is 47.9 Å². The van der Waals surface area contributed by atoms with Crippen molar-refractivity contribution in [3.8, 4) is 0 Å². The highest BCUT2D eigenvalue weighted by atomic mass is 19.4. The normalized spacial score (nSPS) is 11.3. The van der Waals surface area contributed by atoms with Crippen molar-refractivity contribution in [1.82, 2.24) is 0 Å². The Morgan fingerprint density at radius 2 is 0.944 bits per heavy atom. The minimum Gasteiger partial charge on any atom is -0.398 e. The molecule has 0 amide bonds. The zero-order chi connectivity index (χ0) is 39.3. The molecule has 0 aliphatic rings. The first kappa shape index (κ1) is 40.5. The van der Waals surface area contributed by atoms with E-state index >= 15 is 0 Å². The van der Waals surface area contributed by atoms with Gasteiger partial charge in [-0.25, -0.2) is 0 Å². The van der Waals surface area contributed by atoms with Crippen LogP contribution in [0.15, 0.2) is 169 Å². The monoisotopic (exact) mass is 739 g/mol. The molecule has 7 aromatic carbocycles. The average molecular weight is 740 g/mol. The number of fused-ring (bicyclic) bond motifs is 2. The second-order valence-corrected chi connectivity index (χ2v) is 12.1. The van der Waals surface area contributed by atoms with E-state index in [0.29, 0.717) is 5.71 Å². The van der Waals surface area contributed by atoms with E-state index in [-0.39, 0.29) is 18.6 Å². The molecule has 7 aromatic rings. The summed E-state index contributed by atoms with van der Waals surface area (Å²) in [6.45, 7) is 5.39. The van der Waals surface area contributed by atoms with Gasteiger partial charge in [-0.2, -0.15) is 26.3 Å². The van der Waals surface area contributed by atoms with E-state index in [2.05, 4.69) is 24.0 Å². The SMILES string of the molecule is CC(=Nc1ccccc1C(F)(F)F)c1ccc2ccccc2c1.CC(=O)c1ccc2ccccc2c1.Cc1ccccc1.Nc1ccccc1C(F)(F)F.[2HH]. The van der Waals surface area contributed by atoms with Crippen LogP contribution >= 0.6 is 0 Å². The molecule has 0 atom stereocenters. The zero-order valence-electron chi connectivity index (χ0n) is 29.8. The fourth-order valence-corrected chi connectivity index (χ4v) is 5.17. The number of nitrogens with two attached hydrogens (primary N) is 1. The fraction of sp³-hybridized carbons (Fsp3) is 0.111. The predicted octanol–water partition coefficient (Wildman–Crippen LogP) is 13.6. The zero-order valence-corrected chi connectivity index (χ0v) is 29.8. The highest BCUT2D eigenvalue weighted by Crippen LogP contribution is 2.36. The van der Waals surface area contributed by atoms with E-state index in [0.717, 1.165) is 39.4 Å². The van der Waals surface area contributed by atoms with Gasteiger partial charge in [-0.1, -0.05) is 133 Å². The van der Waals surface area contributed by atoms with Crippen LogP contribution in [0.5, 0.6) is 0 Å². The van der Waals surface area contributed by atoms with Crippen LogP contribution in [0.3, 0.4) is 0 Å². The Balaban J connectivity index is 0.000000215. The summed E-state index contributed by atoms with van der Waals surface area (Å²) in [4.78, 5) is 15.3. The molecule has 0 fully saturated rings. The number of ketones is 1. The van der Waals surface area contributed by atoms with Crippen molar-refractivity contribution >= 4 is 44.4 Å². The molecule has 0 saturated heterocycles. The van der Waals surface area contributed by atoms with Gasteiger partial charge < -0.3 is 5.73 Å². The number of nitrogens with zero attached hydrogens (tertiary/aromatic N) is 1. The van der Waals surface area contributed by atoms with Gasteiger partial charge in [0.25, 0.3) is 0 Å². The van der Waals surface area contributed by atoms with Gasteiger partial charge in [-0.3, -0.25) is 9.79 Å². The molecule has 2 N–H and O–H groups in total. The quantitative estimate of drug-likeness (QED) is 0.0849. The number of anilines is 1. The van der Waals surface area contributed by atoms with Gasteiger partial charge in [0.15, 0.2) is 5.78 Å². The number of halogens is 6. The highest BCUT2D eigenvalue weighted by Gasteiger charge is 2.33. The second-order valence-electron chi connectivity index (χ2n) is 12.1. The lowest BCUT2D eigenvalue weighted by Crippen LogP contribution is -2.07. The summed E-state index contributed by atoms with van der Waals surface area (Å²) in [6.07, 6.45) is -8.75. The van der Waals surface area contributed by atoms with Crippen molar-refractivity contribution in [1.29, 1.82) is 0 Å². The third-order valence-electron chi connectivity index (χ3n) is 8.03. The topological polar surface area (TPSA) is 55.5 Å². The number of Topliss-reactive ketones (excluding diaryl/α,β-unsaturated/α-hetero) is 1. The molecule has 7 rings (SSSR count). The van der Waals surface area contributed by atoms with Crippen LogP contribution < -0.4 is 5.73 Å².